The second-order valence-electron chi connectivity index (χ2n) is 5.55. The molecule has 0 aliphatic carbocycles. The van der Waals surface area contributed by atoms with Gasteiger partial charge in [0.1, 0.15) is 0 Å². The van der Waals surface area contributed by atoms with Gasteiger partial charge >= 0.3 is 0 Å². The highest BCUT2D eigenvalue weighted by molar-refractivity contribution is 4.87. The minimum atomic E-state index is 0.791. The standard InChI is InChI=1S/C13H28N2/c1-11-10-13(12(2)15(11)5)8-6-7-9-14(3)4/h11-13H,6-10H2,1-5H3/t11?,12-,13?/m1/s1. The SMILES string of the molecule is CC1CC(CCCCN(C)C)[C@@H](C)N1C. The summed E-state index contributed by atoms with van der Waals surface area (Å²) in [5.41, 5.74) is 0. The van der Waals surface area contributed by atoms with Crippen molar-refractivity contribution in [1.29, 1.82) is 0 Å². The molecule has 2 nitrogen and oxygen atoms in total. The Hall–Kier alpha value is -0.0800. The van der Waals surface area contributed by atoms with E-state index in [9.17, 15) is 0 Å². The highest BCUT2D eigenvalue weighted by Gasteiger charge is 2.32. The summed E-state index contributed by atoms with van der Waals surface area (Å²) >= 11 is 0. The van der Waals surface area contributed by atoms with Gasteiger partial charge in [0.25, 0.3) is 0 Å². The monoisotopic (exact) mass is 212 g/mol. The molecule has 1 heterocycles. The first kappa shape index (κ1) is 13.0. The van der Waals surface area contributed by atoms with Gasteiger partial charge in [-0.1, -0.05) is 6.42 Å². The number of hydrogen-bond donors (Lipinski definition) is 0. The molecule has 0 aromatic heterocycles. The van der Waals surface area contributed by atoms with Gasteiger partial charge in [0.2, 0.25) is 0 Å². The van der Waals surface area contributed by atoms with Crippen LogP contribution in [0.3, 0.4) is 0 Å². The molecule has 0 N–H and O–H groups in total. The molecule has 0 aromatic rings. The summed E-state index contributed by atoms with van der Waals surface area (Å²) < 4.78 is 0. The number of hydrogen-bond acceptors (Lipinski definition) is 2. The van der Waals surface area contributed by atoms with Crippen LogP contribution in [0.5, 0.6) is 0 Å². The Balaban J connectivity index is 2.17. The Bertz CT molecular complexity index is 179. The van der Waals surface area contributed by atoms with Crippen molar-refractivity contribution in [3.05, 3.63) is 0 Å². The van der Waals surface area contributed by atoms with E-state index in [0.29, 0.717) is 0 Å². The summed E-state index contributed by atoms with van der Waals surface area (Å²) in [6, 6.07) is 1.58. The van der Waals surface area contributed by atoms with Crippen LogP contribution in [0.1, 0.15) is 39.5 Å². The van der Waals surface area contributed by atoms with Crippen molar-refractivity contribution in [1.82, 2.24) is 9.80 Å². The van der Waals surface area contributed by atoms with E-state index < -0.39 is 0 Å². The summed E-state index contributed by atoms with van der Waals surface area (Å²) in [6.45, 7) is 5.99. The molecule has 0 bridgehead atoms. The molecule has 3 atom stereocenters. The molecule has 1 rings (SSSR count). The third-order valence-electron chi connectivity index (χ3n) is 4.09. The zero-order chi connectivity index (χ0) is 11.4. The first-order chi connectivity index (χ1) is 7.02. The largest absolute Gasteiger partial charge is 0.309 e. The number of rotatable bonds is 5. The lowest BCUT2D eigenvalue weighted by atomic mass is 9.94. The molecule has 0 aromatic carbocycles. The maximum absolute atomic E-state index is 2.54. The normalized spacial score (nSPS) is 32.8. The molecule has 0 amide bonds. The van der Waals surface area contributed by atoms with E-state index in [-0.39, 0.29) is 0 Å². The molecule has 90 valence electrons. The molecule has 1 fully saturated rings. The van der Waals surface area contributed by atoms with Crippen molar-refractivity contribution in [2.24, 2.45) is 5.92 Å². The van der Waals surface area contributed by atoms with E-state index in [1.807, 2.05) is 0 Å². The van der Waals surface area contributed by atoms with Crippen LogP contribution in [0.25, 0.3) is 0 Å². The average Bonchev–Trinajstić information content (AvgIpc) is 2.41. The Morgan fingerprint density at radius 3 is 2.33 bits per heavy atom. The van der Waals surface area contributed by atoms with Gasteiger partial charge in [0.15, 0.2) is 0 Å². The van der Waals surface area contributed by atoms with Gasteiger partial charge in [-0.15, -0.1) is 0 Å². The highest BCUT2D eigenvalue weighted by atomic mass is 15.2. The van der Waals surface area contributed by atoms with E-state index >= 15 is 0 Å². The zero-order valence-electron chi connectivity index (χ0n) is 11.2. The van der Waals surface area contributed by atoms with Gasteiger partial charge < -0.3 is 9.80 Å². The molecule has 0 saturated carbocycles. The van der Waals surface area contributed by atoms with Crippen molar-refractivity contribution in [3.8, 4) is 0 Å². The van der Waals surface area contributed by atoms with Crippen LogP contribution in [0.2, 0.25) is 0 Å². The van der Waals surface area contributed by atoms with Crippen molar-refractivity contribution in [2.75, 3.05) is 27.7 Å². The molecule has 2 unspecified atom stereocenters. The van der Waals surface area contributed by atoms with E-state index in [2.05, 4.69) is 44.8 Å². The van der Waals surface area contributed by atoms with Crippen LogP contribution >= 0.6 is 0 Å². The summed E-state index contributed by atoms with van der Waals surface area (Å²) in [6.07, 6.45) is 5.57. The van der Waals surface area contributed by atoms with Gasteiger partial charge in [0, 0.05) is 12.1 Å². The summed E-state index contributed by atoms with van der Waals surface area (Å²) in [7, 11) is 6.59. The fourth-order valence-electron chi connectivity index (χ4n) is 2.73. The first-order valence-corrected chi connectivity index (χ1v) is 6.39. The number of nitrogens with zero attached hydrogens (tertiary/aromatic N) is 2. The van der Waals surface area contributed by atoms with Crippen LogP contribution in [-0.4, -0.2) is 49.6 Å². The van der Waals surface area contributed by atoms with Gasteiger partial charge in [-0.2, -0.15) is 0 Å². The van der Waals surface area contributed by atoms with Gasteiger partial charge in [0.05, 0.1) is 0 Å². The summed E-state index contributed by atoms with van der Waals surface area (Å²) in [5.74, 6) is 0.937. The second kappa shape index (κ2) is 5.86. The van der Waals surface area contributed by atoms with Crippen molar-refractivity contribution in [2.45, 2.75) is 51.6 Å². The van der Waals surface area contributed by atoms with E-state index in [1.165, 1.54) is 32.2 Å². The summed E-state index contributed by atoms with van der Waals surface area (Å²) in [4.78, 5) is 4.82. The molecule has 1 saturated heterocycles. The molecule has 0 spiro atoms. The lowest BCUT2D eigenvalue weighted by Crippen LogP contribution is -2.30. The van der Waals surface area contributed by atoms with Gasteiger partial charge in [-0.3, -0.25) is 0 Å². The third-order valence-corrected chi connectivity index (χ3v) is 4.09. The molecule has 15 heavy (non-hydrogen) atoms. The van der Waals surface area contributed by atoms with Crippen LogP contribution < -0.4 is 0 Å². The Kier molecular flexibility index (Phi) is 5.07. The van der Waals surface area contributed by atoms with Gasteiger partial charge in [-0.25, -0.2) is 0 Å². The summed E-state index contributed by atoms with van der Waals surface area (Å²) in [5, 5.41) is 0. The smallest absolute Gasteiger partial charge is 0.00955 e. The molecule has 2 heteroatoms. The number of likely N-dealkylation sites (tertiary alicyclic amines) is 1. The van der Waals surface area contributed by atoms with Crippen LogP contribution in [0.15, 0.2) is 0 Å². The fraction of sp³-hybridized carbons (Fsp3) is 1.00. The third kappa shape index (κ3) is 3.76. The minimum absolute atomic E-state index is 0.791. The predicted octanol–water partition coefficient (Wildman–Crippen LogP) is 2.45. The lowest BCUT2D eigenvalue weighted by Gasteiger charge is -2.22. The maximum Gasteiger partial charge on any atom is 0.00955 e. The van der Waals surface area contributed by atoms with Crippen LogP contribution in [0, 0.1) is 5.92 Å². The lowest BCUT2D eigenvalue weighted by molar-refractivity contribution is 0.243. The molecule has 1 aliphatic rings. The van der Waals surface area contributed by atoms with E-state index in [0.717, 1.165) is 18.0 Å². The van der Waals surface area contributed by atoms with Crippen LogP contribution in [0.4, 0.5) is 0 Å². The van der Waals surface area contributed by atoms with Crippen molar-refractivity contribution < 1.29 is 0 Å². The van der Waals surface area contributed by atoms with E-state index in [1.54, 1.807) is 0 Å². The predicted molar refractivity (Wildman–Crippen MR) is 67.2 cm³/mol. The molecule has 0 radical (unpaired) electrons. The van der Waals surface area contributed by atoms with E-state index in [4.69, 9.17) is 0 Å². The maximum atomic E-state index is 2.54. The van der Waals surface area contributed by atoms with Crippen molar-refractivity contribution >= 4 is 0 Å². The second-order valence-corrected chi connectivity index (χ2v) is 5.55. The quantitative estimate of drug-likeness (QED) is 0.646. The number of unbranched alkanes of at least 4 members (excludes halogenated alkanes) is 1. The van der Waals surface area contributed by atoms with Gasteiger partial charge in [-0.05, 0) is 66.7 Å². The Labute approximate surface area is 95.6 Å². The Morgan fingerprint density at radius 1 is 1.20 bits per heavy atom. The molecular formula is C13H28N2. The molecule has 1 aliphatic heterocycles. The van der Waals surface area contributed by atoms with Crippen molar-refractivity contribution in [3.63, 3.8) is 0 Å². The molecular weight excluding hydrogens is 184 g/mol. The Morgan fingerprint density at radius 2 is 1.87 bits per heavy atom. The first-order valence-electron chi connectivity index (χ1n) is 6.39. The fourth-order valence-corrected chi connectivity index (χ4v) is 2.73. The topological polar surface area (TPSA) is 6.48 Å². The van der Waals surface area contributed by atoms with Crippen LogP contribution in [-0.2, 0) is 0 Å². The average molecular weight is 212 g/mol. The highest BCUT2D eigenvalue weighted by Crippen LogP contribution is 2.31. The zero-order valence-corrected chi connectivity index (χ0v) is 11.2. The minimum Gasteiger partial charge on any atom is -0.309 e.